The summed E-state index contributed by atoms with van der Waals surface area (Å²) in [5.74, 6) is 4.29. The van der Waals surface area contributed by atoms with Crippen LogP contribution in [0.5, 0.6) is 5.75 Å². The average molecular weight is 553 g/mol. The third kappa shape index (κ3) is 7.21. The molecule has 0 spiro atoms. The molecule has 0 saturated heterocycles. The second-order valence-corrected chi connectivity index (χ2v) is 11.5. The minimum Gasteiger partial charge on any atom is -0.489 e. The zero-order valence-corrected chi connectivity index (χ0v) is 26.6. The van der Waals surface area contributed by atoms with Gasteiger partial charge in [-0.05, 0) is 51.8 Å². The molecular weight excluding hydrogens is 504 g/mol. The normalized spacial score (nSPS) is 16.4. The van der Waals surface area contributed by atoms with Gasteiger partial charge in [-0.25, -0.2) is 0 Å². The van der Waals surface area contributed by atoms with E-state index in [0.717, 1.165) is 11.5 Å². The van der Waals surface area contributed by atoms with E-state index in [4.69, 9.17) is 4.74 Å². The van der Waals surface area contributed by atoms with Crippen LogP contribution in [-0.2, 0) is 12.4 Å². The molecule has 2 aliphatic rings. The topological polar surface area (TPSA) is 9.23 Å². The molecule has 40 heavy (non-hydrogen) atoms. The Kier molecular flexibility index (Phi) is 12.4. The van der Waals surface area contributed by atoms with Gasteiger partial charge in [-0.2, -0.15) is 0 Å². The molecule has 6 rings (SSSR count). The second-order valence-electron chi connectivity index (χ2n) is 10.5. The fourth-order valence-corrected chi connectivity index (χ4v) is 6.87. The molecule has 4 aromatic carbocycles. The molecule has 2 unspecified atom stereocenters. The first-order valence-corrected chi connectivity index (χ1v) is 16.1. The number of rotatable bonds is 2. The maximum Gasteiger partial charge on any atom is 0.123 e. The lowest BCUT2D eigenvalue weighted by atomic mass is 9.81. The summed E-state index contributed by atoms with van der Waals surface area (Å²) < 4.78 is 5.96. The van der Waals surface area contributed by atoms with Gasteiger partial charge in [0.05, 0.1) is 0 Å². The summed E-state index contributed by atoms with van der Waals surface area (Å²) in [5, 5.41) is 0. The van der Waals surface area contributed by atoms with E-state index in [1.54, 1.807) is 0 Å². The summed E-state index contributed by atoms with van der Waals surface area (Å²) in [6.07, 6.45) is 0. The smallest absolute Gasteiger partial charge is 0.123 e. The monoisotopic (exact) mass is 552 g/mol. The Morgan fingerprint density at radius 3 is 1.62 bits per heavy atom. The quantitative estimate of drug-likeness (QED) is 0.244. The number of para-hydroxylation sites is 1. The molecule has 0 bridgehead atoms. The minimum atomic E-state index is 0.430. The Balaban J connectivity index is 0.000000196. The highest BCUT2D eigenvalue weighted by Gasteiger charge is 2.27. The molecule has 0 aromatic heterocycles. The molecule has 0 fully saturated rings. The van der Waals surface area contributed by atoms with Gasteiger partial charge in [0.15, 0.2) is 0 Å². The molecule has 1 nitrogen and oxygen atoms in total. The van der Waals surface area contributed by atoms with E-state index in [2.05, 4.69) is 119 Å². The van der Waals surface area contributed by atoms with Crippen LogP contribution in [0.2, 0.25) is 0 Å². The highest BCUT2D eigenvalue weighted by atomic mass is 32.2. The third-order valence-corrected chi connectivity index (χ3v) is 8.53. The highest BCUT2D eigenvalue weighted by Crippen LogP contribution is 2.44. The van der Waals surface area contributed by atoms with E-state index in [0.29, 0.717) is 30.3 Å². The van der Waals surface area contributed by atoms with E-state index in [-0.39, 0.29) is 0 Å². The first-order chi connectivity index (χ1) is 19.5. The van der Waals surface area contributed by atoms with Crippen LogP contribution in [0.4, 0.5) is 0 Å². The van der Waals surface area contributed by atoms with E-state index in [9.17, 15) is 0 Å². The Morgan fingerprint density at radius 1 is 0.550 bits per heavy atom. The van der Waals surface area contributed by atoms with Gasteiger partial charge in [-0.15, -0.1) is 11.8 Å². The molecule has 0 aliphatic carbocycles. The predicted octanol–water partition coefficient (Wildman–Crippen LogP) is 11.5. The summed E-state index contributed by atoms with van der Waals surface area (Å²) in [6, 6.07) is 34.9. The van der Waals surface area contributed by atoms with Crippen LogP contribution in [0, 0.1) is 11.8 Å². The number of hydrogen-bond acceptors (Lipinski definition) is 2. The van der Waals surface area contributed by atoms with Gasteiger partial charge in [0.2, 0.25) is 0 Å². The van der Waals surface area contributed by atoms with Crippen LogP contribution in [0.25, 0.3) is 0 Å². The lowest BCUT2D eigenvalue weighted by molar-refractivity contribution is 0.306. The van der Waals surface area contributed by atoms with Gasteiger partial charge in [0.1, 0.15) is 12.4 Å². The van der Waals surface area contributed by atoms with E-state index < -0.39 is 0 Å². The van der Waals surface area contributed by atoms with E-state index in [1.165, 1.54) is 38.3 Å². The van der Waals surface area contributed by atoms with Crippen molar-refractivity contribution in [1.82, 2.24) is 0 Å². The Labute approximate surface area is 248 Å². The van der Waals surface area contributed by atoms with Crippen LogP contribution in [0.1, 0.15) is 101 Å². The van der Waals surface area contributed by atoms with Crippen LogP contribution >= 0.6 is 11.8 Å². The molecule has 2 atom stereocenters. The number of benzene rings is 4. The van der Waals surface area contributed by atoms with Crippen molar-refractivity contribution in [1.29, 1.82) is 0 Å². The van der Waals surface area contributed by atoms with Crippen LogP contribution in [0.15, 0.2) is 102 Å². The highest BCUT2D eigenvalue weighted by molar-refractivity contribution is 7.98. The minimum absolute atomic E-state index is 0.430. The molecule has 0 saturated carbocycles. The molecule has 0 N–H and O–H groups in total. The number of fused-ring (bicyclic) bond motifs is 4. The Bertz CT molecular complexity index is 1120. The van der Waals surface area contributed by atoms with Crippen LogP contribution in [-0.4, -0.2) is 0 Å². The van der Waals surface area contributed by atoms with Gasteiger partial charge in [0.25, 0.3) is 0 Å². The predicted molar refractivity (Wildman–Crippen MR) is 176 cm³/mol. The molecule has 4 aromatic rings. The summed E-state index contributed by atoms with van der Waals surface area (Å²) in [5.41, 5.74) is 8.56. The maximum absolute atomic E-state index is 5.96. The van der Waals surface area contributed by atoms with Crippen LogP contribution in [0.3, 0.4) is 0 Å². The van der Waals surface area contributed by atoms with Gasteiger partial charge < -0.3 is 4.74 Å². The summed E-state index contributed by atoms with van der Waals surface area (Å²) in [7, 11) is 0. The zero-order valence-electron chi connectivity index (χ0n) is 25.8. The largest absolute Gasteiger partial charge is 0.489 e. The Hall–Kier alpha value is -2.97. The molecule has 2 aliphatic heterocycles. The molecule has 2 heteroatoms. The van der Waals surface area contributed by atoms with Crippen molar-refractivity contribution >= 4 is 11.8 Å². The zero-order chi connectivity index (χ0) is 29.1. The summed E-state index contributed by atoms with van der Waals surface area (Å²) in [4.78, 5) is 1.45. The van der Waals surface area contributed by atoms with Gasteiger partial charge in [-0.1, -0.05) is 140 Å². The van der Waals surface area contributed by atoms with Gasteiger partial charge >= 0.3 is 0 Å². The molecule has 212 valence electrons. The first kappa shape index (κ1) is 31.6. The number of thioether (sulfide) groups is 1. The third-order valence-electron chi connectivity index (χ3n) is 7.39. The number of ether oxygens (including phenoxy) is 1. The van der Waals surface area contributed by atoms with Gasteiger partial charge in [0, 0.05) is 28.0 Å². The van der Waals surface area contributed by atoms with Crippen molar-refractivity contribution < 1.29 is 4.74 Å². The summed E-state index contributed by atoms with van der Waals surface area (Å²) >= 11 is 1.97. The standard InChI is InChI=1S/C17H18O.C17H18S.2C2H6/c2*1-12(2)17-14-8-4-3-7-13(14)11-18-16-10-6-5-9-15(16)17;2*1-2/h2*3-10,12,17H,11H2,1-2H3;2*1-2H3. The van der Waals surface area contributed by atoms with Crippen molar-refractivity contribution in [3.05, 3.63) is 130 Å². The SMILES string of the molecule is CC.CC.CC(C)C1c2ccccc2COc2ccccc21.CC(C)C1c2ccccc2CSc2ccccc21. The van der Waals surface area contributed by atoms with Crippen molar-refractivity contribution in [2.45, 2.75) is 84.5 Å². The molecule has 2 heterocycles. The lowest BCUT2D eigenvalue weighted by Gasteiger charge is -2.23. The van der Waals surface area contributed by atoms with Crippen molar-refractivity contribution in [2.24, 2.45) is 11.8 Å². The second kappa shape index (κ2) is 15.7. The van der Waals surface area contributed by atoms with Crippen LogP contribution < -0.4 is 4.74 Å². The first-order valence-electron chi connectivity index (χ1n) is 15.1. The lowest BCUT2D eigenvalue weighted by Crippen LogP contribution is -2.10. The van der Waals surface area contributed by atoms with Gasteiger partial charge in [-0.3, -0.25) is 0 Å². The molecule has 0 amide bonds. The van der Waals surface area contributed by atoms with Crippen molar-refractivity contribution in [2.75, 3.05) is 0 Å². The van der Waals surface area contributed by atoms with Crippen molar-refractivity contribution in [3.8, 4) is 5.75 Å². The molecule has 0 radical (unpaired) electrons. The fraction of sp³-hybridized carbons (Fsp3) is 0.368. The summed E-state index contributed by atoms with van der Waals surface area (Å²) in [6.45, 7) is 17.9. The number of hydrogen-bond donors (Lipinski definition) is 0. The Morgan fingerprint density at radius 2 is 1.00 bits per heavy atom. The van der Waals surface area contributed by atoms with E-state index >= 15 is 0 Å². The van der Waals surface area contributed by atoms with Crippen molar-refractivity contribution in [3.63, 3.8) is 0 Å². The average Bonchev–Trinajstić information content (AvgIpc) is 3.28. The molecular formula is C38H48OS. The fourth-order valence-electron chi connectivity index (χ4n) is 5.76. The maximum atomic E-state index is 5.96. The van der Waals surface area contributed by atoms with E-state index in [1.807, 2.05) is 45.5 Å².